The first-order chi connectivity index (χ1) is 33.4. The summed E-state index contributed by atoms with van der Waals surface area (Å²) in [4.78, 5) is 0. The second kappa shape index (κ2) is 14.2. The summed E-state index contributed by atoms with van der Waals surface area (Å²) in [6, 6.07) is 70.2. The van der Waals surface area contributed by atoms with Gasteiger partial charge in [0.2, 0.25) is 0 Å². The molecule has 0 fully saturated rings. The van der Waals surface area contributed by atoms with Gasteiger partial charge in [0, 0.05) is 20.1 Å². The molecule has 0 nitrogen and oxygen atoms in total. The van der Waals surface area contributed by atoms with Crippen molar-refractivity contribution in [1.82, 2.24) is 0 Å². The van der Waals surface area contributed by atoms with Crippen molar-refractivity contribution in [3.8, 4) is 89.0 Å². The van der Waals surface area contributed by atoms with Crippen LogP contribution < -0.4 is 0 Å². The molecule has 0 saturated heterocycles. The van der Waals surface area contributed by atoms with Gasteiger partial charge in [-0.2, -0.15) is 0 Å². The van der Waals surface area contributed by atoms with Gasteiger partial charge in [0.1, 0.15) is 0 Å². The Hall–Kier alpha value is -7.16. The molecule has 0 spiro atoms. The van der Waals surface area contributed by atoms with E-state index >= 15 is 0 Å². The van der Waals surface area contributed by atoms with Crippen LogP contribution in [-0.4, -0.2) is 0 Å². The molecule has 0 atom stereocenters. The molecule has 0 bridgehead atoms. The molecule has 0 unspecified atom stereocenters. The minimum Gasteiger partial charge on any atom is -0.0843 e. The zero-order valence-electron chi connectivity index (χ0n) is 36.0. The Morgan fingerprint density at radius 3 is 0.618 bits per heavy atom. The molecule has 0 aromatic heterocycles. The van der Waals surface area contributed by atoms with E-state index in [-0.39, 0.29) is 0 Å². The molecular formula is C64H32Cl4. The van der Waals surface area contributed by atoms with Crippen molar-refractivity contribution in [3.63, 3.8) is 0 Å². The monoisotopic (exact) mass is 940 g/mol. The molecule has 13 aromatic rings. The van der Waals surface area contributed by atoms with Crippen LogP contribution in [0, 0.1) is 0 Å². The lowest BCUT2D eigenvalue weighted by atomic mass is 9.82. The molecule has 0 aliphatic heterocycles. The predicted octanol–water partition coefficient (Wildman–Crippen LogP) is 20.6. The lowest BCUT2D eigenvalue weighted by molar-refractivity contribution is 1.62. The number of hydrogen-bond donors (Lipinski definition) is 0. The van der Waals surface area contributed by atoms with Gasteiger partial charge >= 0.3 is 0 Å². The van der Waals surface area contributed by atoms with Gasteiger partial charge in [-0.05, 0) is 202 Å². The molecule has 316 valence electrons. The number of halogens is 4. The van der Waals surface area contributed by atoms with Crippen molar-refractivity contribution in [3.05, 3.63) is 214 Å². The molecule has 0 heterocycles. The Morgan fingerprint density at radius 2 is 0.397 bits per heavy atom. The van der Waals surface area contributed by atoms with Crippen LogP contribution in [0.2, 0.25) is 20.1 Å². The SMILES string of the molecule is Clc1ccc(-c2c3c(c(-c4ccc(Cl)cc4)c4ccccc24)-c2ccc4c5ccc6c7c(ccc(c8ccc-3c2c84)c75)-c2c-6c(-c3ccc(Cl)cc3)c3ccccc3c2-c2ccc(Cl)cc2)cc1. The zero-order valence-corrected chi connectivity index (χ0v) is 39.0. The second-order valence-corrected chi connectivity index (χ2v) is 20.0. The van der Waals surface area contributed by atoms with Gasteiger partial charge in [-0.3, -0.25) is 0 Å². The quantitative estimate of drug-likeness (QED) is 0.122. The van der Waals surface area contributed by atoms with E-state index < -0.39 is 0 Å². The van der Waals surface area contributed by atoms with Gasteiger partial charge in [-0.25, -0.2) is 0 Å². The van der Waals surface area contributed by atoms with E-state index in [1.54, 1.807) is 0 Å². The maximum atomic E-state index is 6.56. The third-order valence-electron chi connectivity index (χ3n) is 14.9. The molecule has 13 aromatic carbocycles. The predicted molar refractivity (Wildman–Crippen MR) is 293 cm³/mol. The lowest BCUT2D eigenvalue weighted by Gasteiger charge is -2.20. The van der Waals surface area contributed by atoms with E-state index in [0.717, 1.165) is 42.3 Å². The van der Waals surface area contributed by atoms with E-state index in [9.17, 15) is 0 Å². The molecule has 0 N–H and O–H groups in total. The standard InChI is InChI=1S/C64H32Cl4/c65-37-17-9-33(10-18-37)53-41-5-1-2-6-42(41)54(34-11-19-38(66)20-12-34)62-50-30-26-46-48-28-32-52-60-51(31-27-47(58(48)60)45-25-29-49(61(53)62)59(50)57(45)46)63-55(35-13-21-39(67)22-14-35)43-7-3-4-8-44(43)56(64(52)63)36-15-23-40(68)24-16-36/h1-32H. The largest absolute Gasteiger partial charge is 0.0843 e. The Labute approximate surface area is 411 Å². The van der Waals surface area contributed by atoms with E-state index in [1.807, 2.05) is 48.5 Å². The van der Waals surface area contributed by atoms with Crippen molar-refractivity contribution in [2.24, 2.45) is 0 Å². The van der Waals surface area contributed by atoms with Gasteiger partial charge in [0.15, 0.2) is 0 Å². The van der Waals surface area contributed by atoms with Crippen LogP contribution in [0.4, 0.5) is 0 Å². The summed E-state index contributed by atoms with van der Waals surface area (Å²) in [6.45, 7) is 0. The fraction of sp³-hybridized carbons (Fsp3) is 0. The number of hydrogen-bond acceptors (Lipinski definition) is 0. The van der Waals surface area contributed by atoms with Crippen molar-refractivity contribution >= 4 is 111 Å². The van der Waals surface area contributed by atoms with Gasteiger partial charge in [0.05, 0.1) is 0 Å². The average molecular weight is 943 g/mol. The molecule has 0 radical (unpaired) electrons. The van der Waals surface area contributed by atoms with E-state index in [0.29, 0.717) is 0 Å². The van der Waals surface area contributed by atoms with Gasteiger partial charge in [0.25, 0.3) is 0 Å². The molecule has 15 rings (SSSR count). The highest BCUT2D eigenvalue weighted by atomic mass is 35.5. The maximum Gasteiger partial charge on any atom is 0.0406 e. The van der Waals surface area contributed by atoms with Crippen LogP contribution in [0.1, 0.15) is 0 Å². The average Bonchev–Trinajstić information content (AvgIpc) is 3.89. The van der Waals surface area contributed by atoms with Gasteiger partial charge in [-0.1, -0.05) is 192 Å². The number of fused-ring (bicyclic) bond motifs is 10. The third kappa shape index (κ3) is 5.19. The van der Waals surface area contributed by atoms with Crippen LogP contribution in [0.15, 0.2) is 194 Å². The third-order valence-corrected chi connectivity index (χ3v) is 16.0. The Balaban J connectivity index is 1.07. The highest BCUT2D eigenvalue weighted by Gasteiger charge is 2.35. The van der Waals surface area contributed by atoms with E-state index in [1.165, 1.54) is 131 Å². The highest BCUT2D eigenvalue weighted by molar-refractivity contribution is 6.42. The smallest absolute Gasteiger partial charge is 0.0406 e. The molecule has 0 amide bonds. The minimum absolute atomic E-state index is 0.719. The molecule has 2 aliphatic carbocycles. The Bertz CT molecular complexity index is 3800. The fourth-order valence-corrected chi connectivity index (χ4v) is 12.8. The summed E-state index contributed by atoms with van der Waals surface area (Å²) < 4.78 is 0. The Morgan fingerprint density at radius 1 is 0.176 bits per heavy atom. The topological polar surface area (TPSA) is 0 Å². The number of rotatable bonds is 4. The van der Waals surface area contributed by atoms with Crippen molar-refractivity contribution < 1.29 is 0 Å². The summed E-state index contributed by atoms with van der Waals surface area (Å²) in [5, 5.41) is 17.9. The van der Waals surface area contributed by atoms with Crippen LogP contribution in [-0.2, 0) is 0 Å². The summed E-state index contributed by atoms with van der Waals surface area (Å²) in [5.74, 6) is 0. The Kier molecular flexibility index (Phi) is 8.12. The van der Waals surface area contributed by atoms with Crippen molar-refractivity contribution in [2.45, 2.75) is 0 Å². The van der Waals surface area contributed by atoms with Crippen LogP contribution >= 0.6 is 46.4 Å². The van der Waals surface area contributed by atoms with Gasteiger partial charge in [-0.15, -0.1) is 0 Å². The zero-order chi connectivity index (χ0) is 45.1. The first-order valence-corrected chi connectivity index (χ1v) is 24.4. The normalized spacial score (nSPS) is 12.4. The summed E-state index contributed by atoms with van der Waals surface area (Å²) in [7, 11) is 0. The number of benzene rings is 13. The van der Waals surface area contributed by atoms with Crippen LogP contribution in [0.3, 0.4) is 0 Å². The summed E-state index contributed by atoms with van der Waals surface area (Å²) in [5.41, 5.74) is 19.4. The van der Waals surface area contributed by atoms with Crippen molar-refractivity contribution in [2.75, 3.05) is 0 Å². The first kappa shape index (κ1) is 38.9. The summed E-state index contributed by atoms with van der Waals surface area (Å²) >= 11 is 26.2. The fourth-order valence-electron chi connectivity index (χ4n) is 12.3. The van der Waals surface area contributed by atoms with Crippen LogP contribution in [0.25, 0.3) is 154 Å². The highest BCUT2D eigenvalue weighted by Crippen LogP contribution is 2.63. The minimum atomic E-state index is 0.719. The lowest BCUT2D eigenvalue weighted by Crippen LogP contribution is -1.93. The molecule has 4 heteroatoms. The van der Waals surface area contributed by atoms with Crippen LogP contribution in [0.5, 0.6) is 0 Å². The van der Waals surface area contributed by atoms with Gasteiger partial charge < -0.3 is 0 Å². The molecular weight excluding hydrogens is 911 g/mol. The summed E-state index contributed by atoms with van der Waals surface area (Å²) in [6.07, 6.45) is 0. The first-order valence-electron chi connectivity index (χ1n) is 22.8. The van der Waals surface area contributed by atoms with Crippen molar-refractivity contribution in [1.29, 1.82) is 0 Å². The molecule has 0 saturated carbocycles. The van der Waals surface area contributed by atoms with E-state index in [4.69, 9.17) is 46.4 Å². The second-order valence-electron chi connectivity index (χ2n) is 18.3. The van der Waals surface area contributed by atoms with E-state index in [2.05, 4.69) is 146 Å². The molecule has 2 aliphatic rings. The molecule has 68 heavy (non-hydrogen) atoms. The maximum absolute atomic E-state index is 6.56.